The first kappa shape index (κ1) is 18.7. The standard InChI is InChI=1S/C22H24N6O2/c1-14-13-20(28-19(23-14)12-15(2)25-28)26-9-5-8-18(26)21-24-17-7-4-3-6-16(17)22(30)27(21)10-11-29/h3-4,6-7,12-13,18,29H,5,8-11H2,1-2H3. The number of hydrogen-bond acceptors (Lipinski definition) is 6. The van der Waals surface area contributed by atoms with Gasteiger partial charge < -0.3 is 10.0 Å². The summed E-state index contributed by atoms with van der Waals surface area (Å²) in [6, 6.07) is 11.3. The van der Waals surface area contributed by atoms with Crippen LogP contribution in [-0.4, -0.2) is 42.4 Å². The molecular formula is C22H24N6O2. The van der Waals surface area contributed by atoms with Crippen molar-refractivity contribution in [2.24, 2.45) is 0 Å². The normalized spacial score (nSPS) is 16.8. The highest BCUT2D eigenvalue weighted by Gasteiger charge is 2.32. The van der Waals surface area contributed by atoms with Crippen LogP contribution in [0.3, 0.4) is 0 Å². The molecule has 0 spiro atoms. The highest BCUT2D eigenvalue weighted by Crippen LogP contribution is 2.35. The Morgan fingerprint density at radius 1 is 1.13 bits per heavy atom. The topological polar surface area (TPSA) is 88.5 Å². The summed E-state index contributed by atoms with van der Waals surface area (Å²) < 4.78 is 3.50. The summed E-state index contributed by atoms with van der Waals surface area (Å²) in [6.07, 6.45) is 1.86. The van der Waals surface area contributed by atoms with Gasteiger partial charge in [0.15, 0.2) is 5.65 Å². The Morgan fingerprint density at radius 3 is 2.80 bits per heavy atom. The van der Waals surface area contributed by atoms with Crippen molar-refractivity contribution in [2.45, 2.75) is 39.3 Å². The Hall–Kier alpha value is -3.26. The molecule has 5 rings (SSSR count). The van der Waals surface area contributed by atoms with E-state index in [0.717, 1.165) is 42.2 Å². The summed E-state index contributed by atoms with van der Waals surface area (Å²) in [5.41, 5.74) is 3.22. The zero-order valence-corrected chi connectivity index (χ0v) is 17.1. The maximum atomic E-state index is 13.2. The van der Waals surface area contributed by atoms with E-state index in [1.807, 2.05) is 48.7 Å². The van der Waals surface area contributed by atoms with Gasteiger partial charge in [-0.25, -0.2) is 9.97 Å². The van der Waals surface area contributed by atoms with Crippen molar-refractivity contribution in [1.29, 1.82) is 0 Å². The van der Waals surface area contributed by atoms with E-state index in [2.05, 4.69) is 15.0 Å². The third-order valence-electron chi connectivity index (χ3n) is 5.72. The van der Waals surface area contributed by atoms with E-state index >= 15 is 0 Å². The molecule has 1 saturated heterocycles. The van der Waals surface area contributed by atoms with Crippen LogP contribution >= 0.6 is 0 Å². The molecule has 0 aliphatic carbocycles. The van der Waals surface area contributed by atoms with Crippen LogP contribution in [0.1, 0.15) is 36.1 Å². The minimum Gasteiger partial charge on any atom is -0.395 e. The number of benzene rings is 1. The molecule has 4 heterocycles. The molecule has 0 radical (unpaired) electrons. The summed E-state index contributed by atoms with van der Waals surface area (Å²) in [5.74, 6) is 1.64. The highest BCUT2D eigenvalue weighted by molar-refractivity contribution is 5.77. The van der Waals surface area contributed by atoms with Crippen LogP contribution in [0.5, 0.6) is 0 Å². The van der Waals surface area contributed by atoms with Crippen LogP contribution in [-0.2, 0) is 6.54 Å². The highest BCUT2D eigenvalue weighted by atomic mass is 16.3. The lowest BCUT2D eigenvalue weighted by atomic mass is 10.1. The lowest BCUT2D eigenvalue weighted by Crippen LogP contribution is -2.34. The maximum Gasteiger partial charge on any atom is 0.261 e. The van der Waals surface area contributed by atoms with Crippen LogP contribution in [0.4, 0.5) is 5.82 Å². The fourth-order valence-corrected chi connectivity index (χ4v) is 4.46. The second kappa shape index (κ2) is 7.21. The van der Waals surface area contributed by atoms with Crippen molar-refractivity contribution in [1.82, 2.24) is 24.1 Å². The lowest BCUT2D eigenvalue weighted by molar-refractivity contribution is 0.270. The van der Waals surface area contributed by atoms with Gasteiger partial charge in [0, 0.05) is 24.4 Å². The van der Waals surface area contributed by atoms with Gasteiger partial charge in [0.25, 0.3) is 5.56 Å². The summed E-state index contributed by atoms with van der Waals surface area (Å²) in [6.45, 7) is 4.88. The van der Waals surface area contributed by atoms with Crippen LogP contribution in [0.2, 0.25) is 0 Å². The zero-order chi connectivity index (χ0) is 20.8. The molecule has 1 aliphatic rings. The molecule has 1 unspecified atom stereocenters. The second-order valence-corrected chi connectivity index (χ2v) is 7.83. The average molecular weight is 404 g/mol. The molecular weight excluding hydrogens is 380 g/mol. The molecule has 1 N–H and O–H groups in total. The van der Waals surface area contributed by atoms with Gasteiger partial charge in [0.2, 0.25) is 0 Å². The number of aryl methyl sites for hydroxylation is 2. The Labute approximate surface area is 173 Å². The van der Waals surface area contributed by atoms with Gasteiger partial charge in [0.1, 0.15) is 11.6 Å². The van der Waals surface area contributed by atoms with Crippen molar-refractivity contribution in [2.75, 3.05) is 18.1 Å². The monoisotopic (exact) mass is 404 g/mol. The summed E-state index contributed by atoms with van der Waals surface area (Å²) in [7, 11) is 0. The third-order valence-corrected chi connectivity index (χ3v) is 5.72. The van der Waals surface area contributed by atoms with Crippen molar-refractivity contribution >= 4 is 22.4 Å². The SMILES string of the molecule is Cc1cc(N2CCCC2c2nc3ccccc3c(=O)n2CCO)n2nc(C)cc2n1. The molecule has 1 aliphatic heterocycles. The quantitative estimate of drug-likeness (QED) is 0.562. The van der Waals surface area contributed by atoms with E-state index in [4.69, 9.17) is 4.98 Å². The van der Waals surface area contributed by atoms with Crippen LogP contribution < -0.4 is 10.5 Å². The van der Waals surface area contributed by atoms with Crippen molar-refractivity contribution in [3.8, 4) is 0 Å². The Kier molecular flexibility index (Phi) is 4.51. The molecule has 30 heavy (non-hydrogen) atoms. The van der Waals surface area contributed by atoms with E-state index in [1.54, 1.807) is 10.6 Å². The van der Waals surface area contributed by atoms with Gasteiger partial charge in [-0.2, -0.15) is 9.61 Å². The van der Waals surface area contributed by atoms with Gasteiger partial charge in [-0.1, -0.05) is 12.1 Å². The minimum atomic E-state index is -0.114. The van der Waals surface area contributed by atoms with Crippen LogP contribution in [0.15, 0.2) is 41.2 Å². The smallest absolute Gasteiger partial charge is 0.261 e. The largest absolute Gasteiger partial charge is 0.395 e. The molecule has 1 atom stereocenters. The number of nitrogens with zero attached hydrogens (tertiary/aromatic N) is 6. The van der Waals surface area contributed by atoms with Gasteiger partial charge >= 0.3 is 0 Å². The van der Waals surface area contributed by atoms with Gasteiger partial charge in [0.05, 0.1) is 35.8 Å². The van der Waals surface area contributed by atoms with E-state index in [0.29, 0.717) is 16.7 Å². The predicted molar refractivity (Wildman–Crippen MR) is 115 cm³/mol. The number of aliphatic hydroxyl groups is 1. The molecule has 1 fully saturated rings. The van der Waals surface area contributed by atoms with Gasteiger partial charge in [-0.05, 0) is 38.8 Å². The number of hydrogen-bond donors (Lipinski definition) is 1. The van der Waals surface area contributed by atoms with Crippen molar-refractivity contribution < 1.29 is 5.11 Å². The first-order valence-electron chi connectivity index (χ1n) is 10.3. The van der Waals surface area contributed by atoms with Crippen LogP contribution in [0.25, 0.3) is 16.6 Å². The Morgan fingerprint density at radius 2 is 1.97 bits per heavy atom. The first-order chi connectivity index (χ1) is 14.6. The van der Waals surface area contributed by atoms with E-state index in [1.165, 1.54) is 0 Å². The Bertz CT molecular complexity index is 1310. The molecule has 0 saturated carbocycles. The number of rotatable bonds is 4. The van der Waals surface area contributed by atoms with Gasteiger partial charge in [-0.15, -0.1) is 0 Å². The second-order valence-electron chi connectivity index (χ2n) is 7.83. The summed E-state index contributed by atoms with van der Waals surface area (Å²) in [4.78, 5) is 24.9. The lowest BCUT2D eigenvalue weighted by Gasteiger charge is -2.28. The molecule has 1 aromatic carbocycles. The van der Waals surface area contributed by atoms with Crippen molar-refractivity contribution in [3.63, 3.8) is 0 Å². The van der Waals surface area contributed by atoms with Crippen molar-refractivity contribution in [3.05, 3.63) is 64.0 Å². The molecule has 3 aromatic heterocycles. The number of fused-ring (bicyclic) bond motifs is 2. The maximum absolute atomic E-state index is 13.2. The molecule has 8 heteroatoms. The first-order valence-corrected chi connectivity index (χ1v) is 10.3. The summed E-state index contributed by atoms with van der Waals surface area (Å²) in [5, 5.41) is 14.8. The molecule has 154 valence electrons. The average Bonchev–Trinajstić information content (AvgIpc) is 3.35. The third kappa shape index (κ3) is 2.95. The molecule has 0 amide bonds. The number of para-hydroxylation sites is 1. The zero-order valence-electron chi connectivity index (χ0n) is 17.1. The predicted octanol–water partition coefficient (Wildman–Crippen LogP) is 2.39. The molecule has 8 nitrogen and oxygen atoms in total. The fourth-order valence-electron chi connectivity index (χ4n) is 4.46. The Balaban J connectivity index is 1.70. The van der Waals surface area contributed by atoms with E-state index in [-0.39, 0.29) is 24.8 Å². The fraction of sp³-hybridized carbons (Fsp3) is 0.364. The molecule has 4 aromatic rings. The van der Waals surface area contributed by atoms with E-state index in [9.17, 15) is 9.90 Å². The minimum absolute atomic E-state index is 0.0802. The number of aliphatic hydroxyl groups excluding tert-OH is 1. The number of anilines is 1. The van der Waals surface area contributed by atoms with Gasteiger partial charge in [-0.3, -0.25) is 9.36 Å². The number of aromatic nitrogens is 5. The molecule has 0 bridgehead atoms. The summed E-state index contributed by atoms with van der Waals surface area (Å²) >= 11 is 0. The van der Waals surface area contributed by atoms with E-state index < -0.39 is 0 Å². The van der Waals surface area contributed by atoms with Crippen LogP contribution in [0, 0.1) is 13.8 Å².